The van der Waals surface area contributed by atoms with Gasteiger partial charge < -0.3 is 10.5 Å². The van der Waals surface area contributed by atoms with E-state index in [9.17, 15) is 4.79 Å². The molecule has 72 valence electrons. The Morgan fingerprint density at radius 1 is 1.38 bits per heavy atom. The number of amides is 1. The fourth-order valence-electron chi connectivity index (χ4n) is 0.259. The zero-order valence-corrected chi connectivity index (χ0v) is 9.06. The van der Waals surface area contributed by atoms with E-state index in [0.29, 0.717) is 0 Å². The van der Waals surface area contributed by atoms with Crippen molar-refractivity contribution < 1.29 is 9.53 Å². The van der Waals surface area contributed by atoms with Crippen LogP contribution in [0.3, 0.4) is 0 Å². The second-order valence-corrected chi connectivity index (χ2v) is 1.91. The molecule has 0 atom stereocenters. The summed E-state index contributed by atoms with van der Waals surface area (Å²) in [7, 11) is 0. The van der Waals surface area contributed by atoms with Crippen molar-refractivity contribution in [3.05, 3.63) is 0 Å². The lowest BCUT2D eigenvalue weighted by Crippen LogP contribution is -2.26. The number of nitrogens with two attached hydrogens (primary N) is 1. The molecule has 0 radical (unpaired) electrons. The van der Waals surface area contributed by atoms with Crippen molar-refractivity contribution in [2.24, 2.45) is 29.6 Å². The molecule has 0 rings (SSSR count). The van der Waals surface area contributed by atoms with E-state index in [-0.39, 0.29) is 0 Å². The van der Waals surface area contributed by atoms with Gasteiger partial charge in [-0.2, -0.15) is 5.43 Å². The van der Waals surface area contributed by atoms with Gasteiger partial charge in [0.2, 0.25) is 0 Å². The molecule has 11 heteroatoms. The van der Waals surface area contributed by atoms with E-state index in [1.54, 1.807) is 0 Å². The van der Waals surface area contributed by atoms with E-state index in [4.69, 9.17) is 5.73 Å². The SMILES string of the molecule is N/C(=N/N=N/Br)OC(=O)N/N=N/Br. The van der Waals surface area contributed by atoms with Crippen LogP contribution in [-0.2, 0) is 4.74 Å². The Morgan fingerprint density at radius 2 is 2.08 bits per heavy atom. The normalized spacial score (nSPS) is 12.3. The molecule has 0 aliphatic carbocycles. The summed E-state index contributed by atoms with van der Waals surface area (Å²) in [4.78, 5) is 10.6. The Morgan fingerprint density at radius 3 is 2.62 bits per heavy atom. The average molecular weight is 317 g/mol. The third kappa shape index (κ3) is 7.27. The summed E-state index contributed by atoms with van der Waals surface area (Å²) in [6.07, 6.45) is -0.950. The molecule has 9 nitrogen and oxygen atoms in total. The molecular formula is C2H3Br2N7O2. The summed E-state index contributed by atoms with van der Waals surface area (Å²) in [5.74, 6) is 0. The minimum atomic E-state index is -0.950. The van der Waals surface area contributed by atoms with Crippen LogP contribution in [0.5, 0.6) is 0 Å². The van der Waals surface area contributed by atoms with Gasteiger partial charge >= 0.3 is 12.1 Å². The number of nitrogens with zero attached hydrogens (tertiary/aromatic N) is 5. The molecule has 0 bridgehead atoms. The fraction of sp³-hybridized carbons (Fsp3) is 0. The minimum Gasteiger partial charge on any atom is -0.373 e. The van der Waals surface area contributed by atoms with Crippen LogP contribution in [0.25, 0.3) is 0 Å². The Balaban J connectivity index is 3.91. The van der Waals surface area contributed by atoms with Gasteiger partial charge in [0.1, 0.15) is 32.3 Å². The second kappa shape index (κ2) is 7.54. The van der Waals surface area contributed by atoms with Gasteiger partial charge in [0, 0.05) is 0 Å². The van der Waals surface area contributed by atoms with Crippen molar-refractivity contribution in [1.29, 1.82) is 0 Å². The summed E-state index contributed by atoms with van der Waals surface area (Å²) in [6.45, 7) is 0. The number of hydrogen-bond donors (Lipinski definition) is 2. The lowest BCUT2D eigenvalue weighted by Gasteiger charge is -1.97. The van der Waals surface area contributed by atoms with E-state index in [2.05, 4.69) is 60.9 Å². The number of nitrogens with one attached hydrogen (secondary N) is 1. The second-order valence-electron chi connectivity index (χ2n) is 1.28. The van der Waals surface area contributed by atoms with Crippen LogP contribution < -0.4 is 11.2 Å². The number of ether oxygens (including phenoxy) is 1. The molecule has 0 aromatic carbocycles. The topological polar surface area (TPSA) is 126 Å². The first-order valence-corrected chi connectivity index (χ1v) is 3.95. The Labute approximate surface area is 89.2 Å². The van der Waals surface area contributed by atoms with Gasteiger partial charge in [-0.25, -0.2) is 4.79 Å². The number of carbonyl (C=O) groups excluding carboxylic acids is 1. The largest absolute Gasteiger partial charge is 0.437 e. The maximum atomic E-state index is 10.6. The van der Waals surface area contributed by atoms with Crippen molar-refractivity contribution >= 4 is 44.4 Å². The fourth-order valence-corrected chi connectivity index (χ4v) is 0.409. The minimum absolute atomic E-state index is 0.481. The average Bonchev–Trinajstić information content (AvgIpc) is 2.11. The molecule has 0 saturated carbocycles. The lowest BCUT2D eigenvalue weighted by molar-refractivity contribution is 0.196. The maximum absolute atomic E-state index is 10.6. The van der Waals surface area contributed by atoms with Crippen molar-refractivity contribution in [2.75, 3.05) is 0 Å². The molecule has 0 saturated heterocycles. The zero-order chi connectivity index (χ0) is 10.1. The van der Waals surface area contributed by atoms with Crippen molar-refractivity contribution in [2.45, 2.75) is 0 Å². The highest BCUT2D eigenvalue weighted by Gasteiger charge is 2.02. The summed E-state index contributed by atoms with van der Waals surface area (Å²) in [6, 6.07) is -0.481. The molecular weight excluding hydrogens is 314 g/mol. The van der Waals surface area contributed by atoms with E-state index in [1.165, 1.54) is 0 Å². The van der Waals surface area contributed by atoms with Crippen molar-refractivity contribution in [1.82, 2.24) is 5.43 Å². The molecule has 0 aromatic rings. The molecule has 0 heterocycles. The highest BCUT2D eigenvalue weighted by Crippen LogP contribution is 1.87. The molecule has 0 aliphatic heterocycles. The van der Waals surface area contributed by atoms with Crippen LogP contribution in [0.4, 0.5) is 4.79 Å². The van der Waals surface area contributed by atoms with E-state index in [1.807, 2.05) is 5.43 Å². The van der Waals surface area contributed by atoms with Crippen LogP contribution >= 0.6 is 32.3 Å². The summed E-state index contributed by atoms with van der Waals surface area (Å²) in [5.41, 5.74) is 6.89. The molecule has 13 heavy (non-hydrogen) atoms. The Hall–Kier alpha value is -1.10. The van der Waals surface area contributed by atoms with Gasteiger partial charge in [-0.3, -0.25) is 0 Å². The highest BCUT2D eigenvalue weighted by molar-refractivity contribution is 9.08. The quantitative estimate of drug-likeness (QED) is 0.346. The number of carbonyl (C=O) groups is 1. The Kier molecular flexibility index (Phi) is 6.91. The van der Waals surface area contributed by atoms with Gasteiger partial charge in [-0.05, 0) is 5.22 Å². The standard InChI is InChI=1S/C2H3Br2N7O2/c3-8-10-6-1(5)13-2(12)7-11-9-4/h(H2,5,6,8)(H,7,9,12). The molecule has 1 amide bonds. The Bertz CT molecular complexity index is 249. The van der Waals surface area contributed by atoms with Crippen molar-refractivity contribution in [3.8, 4) is 0 Å². The monoisotopic (exact) mass is 315 g/mol. The predicted molar refractivity (Wildman–Crippen MR) is 48.8 cm³/mol. The molecule has 0 fully saturated rings. The van der Waals surface area contributed by atoms with Gasteiger partial charge in [-0.1, -0.05) is 18.6 Å². The molecule has 0 aliphatic rings. The zero-order valence-electron chi connectivity index (χ0n) is 5.89. The van der Waals surface area contributed by atoms with Crippen LogP contribution in [0.2, 0.25) is 0 Å². The highest BCUT2D eigenvalue weighted by atomic mass is 79.9. The van der Waals surface area contributed by atoms with Crippen LogP contribution in [0.1, 0.15) is 0 Å². The third-order valence-corrected chi connectivity index (χ3v) is 0.854. The van der Waals surface area contributed by atoms with Gasteiger partial charge in [0.05, 0.1) is 0 Å². The van der Waals surface area contributed by atoms with Crippen LogP contribution in [0.15, 0.2) is 23.8 Å². The summed E-state index contributed by atoms with van der Waals surface area (Å²) >= 11 is 5.16. The van der Waals surface area contributed by atoms with E-state index in [0.717, 1.165) is 0 Å². The van der Waals surface area contributed by atoms with Gasteiger partial charge in [0.15, 0.2) is 0 Å². The predicted octanol–water partition coefficient (Wildman–Crippen LogP) is 1.38. The molecule has 0 aromatic heterocycles. The third-order valence-electron chi connectivity index (χ3n) is 0.553. The summed E-state index contributed by atoms with van der Waals surface area (Å²) in [5, 5.41) is 9.22. The first-order chi connectivity index (χ1) is 6.20. The first kappa shape index (κ1) is 11.9. The molecule has 0 spiro atoms. The number of hydrogen-bond acceptors (Lipinski definition) is 6. The van der Waals surface area contributed by atoms with Crippen LogP contribution in [-0.4, -0.2) is 12.1 Å². The molecule has 3 N–H and O–H groups in total. The van der Waals surface area contributed by atoms with E-state index < -0.39 is 12.1 Å². The number of rotatable bonds is 2. The maximum Gasteiger partial charge on any atom is 0.437 e. The van der Waals surface area contributed by atoms with Gasteiger partial charge in [0.25, 0.3) is 0 Å². The van der Waals surface area contributed by atoms with Gasteiger partial charge in [-0.15, -0.1) is 0 Å². The lowest BCUT2D eigenvalue weighted by atomic mass is 11.1. The first-order valence-electron chi connectivity index (χ1n) is 2.54. The van der Waals surface area contributed by atoms with E-state index >= 15 is 0 Å². The molecule has 0 unspecified atom stereocenters. The van der Waals surface area contributed by atoms with Crippen molar-refractivity contribution in [3.63, 3.8) is 0 Å². The smallest absolute Gasteiger partial charge is 0.373 e. The summed E-state index contributed by atoms with van der Waals surface area (Å²) < 4.78 is 10.4. The van der Waals surface area contributed by atoms with Crippen LogP contribution in [0, 0.1) is 0 Å². The number of amidine groups is 1. The number of halogens is 2.